The molecule has 0 aliphatic rings. The first-order valence-electron chi connectivity index (χ1n) is 5.88. The fourth-order valence-corrected chi connectivity index (χ4v) is 3.25. The number of alkyl halides is 2. The van der Waals surface area contributed by atoms with E-state index < -0.39 is 0 Å². The van der Waals surface area contributed by atoms with Gasteiger partial charge in [0.05, 0.1) is 0 Å². The molecule has 2 heteroatoms. The topological polar surface area (TPSA) is 0 Å². The summed E-state index contributed by atoms with van der Waals surface area (Å²) >= 11 is 7.15. The molecule has 18 heavy (non-hydrogen) atoms. The molecule has 0 saturated carbocycles. The number of rotatable bonds is 2. The molecule has 0 fully saturated rings. The predicted octanol–water partition coefficient (Wildman–Crippen LogP) is 5.78. The summed E-state index contributed by atoms with van der Waals surface area (Å²) in [6, 6.07) is 17.5. The van der Waals surface area contributed by atoms with E-state index in [1.54, 1.807) is 0 Å². The lowest BCUT2D eigenvalue weighted by Crippen LogP contribution is -1.88. The average Bonchev–Trinajstić information content (AvgIpc) is 2.45. The van der Waals surface area contributed by atoms with Gasteiger partial charge in [-0.05, 0) is 32.7 Å². The predicted molar refractivity (Wildman–Crippen MR) is 86.7 cm³/mol. The zero-order valence-corrected chi connectivity index (χ0v) is 13.0. The summed E-state index contributed by atoms with van der Waals surface area (Å²) in [5, 5.41) is 7.12. The van der Waals surface area contributed by atoms with Crippen LogP contribution in [-0.4, -0.2) is 0 Å². The molecule has 0 amide bonds. The van der Waals surface area contributed by atoms with Gasteiger partial charge in [0.2, 0.25) is 0 Å². The molecule has 0 spiro atoms. The molecular formula is C16H12Br2. The van der Waals surface area contributed by atoms with Crippen LogP contribution in [0.5, 0.6) is 0 Å². The van der Waals surface area contributed by atoms with Crippen molar-refractivity contribution in [3.63, 3.8) is 0 Å². The number of hydrogen-bond donors (Lipinski definition) is 0. The normalized spacial score (nSPS) is 11.2. The standard InChI is InChI=1S/C16H12Br2/c17-9-11-7-13-6-5-12-3-1-2-4-15(12)16(13)14(8-11)10-18/h1-8H,9-10H2. The molecule has 0 radical (unpaired) electrons. The molecule has 3 aromatic carbocycles. The molecule has 0 aromatic heterocycles. The zero-order chi connectivity index (χ0) is 12.5. The van der Waals surface area contributed by atoms with Crippen molar-refractivity contribution in [1.29, 1.82) is 0 Å². The van der Waals surface area contributed by atoms with Crippen molar-refractivity contribution in [3.8, 4) is 0 Å². The van der Waals surface area contributed by atoms with Gasteiger partial charge in [0.15, 0.2) is 0 Å². The molecule has 0 aliphatic heterocycles. The first-order chi connectivity index (χ1) is 8.83. The smallest absolute Gasteiger partial charge is 0.0289 e. The second-order valence-electron chi connectivity index (χ2n) is 4.41. The van der Waals surface area contributed by atoms with Gasteiger partial charge >= 0.3 is 0 Å². The summed E-state index contributed by atoms with van der Waals surface area (Å²) in [5.41, 5.74) is 2.69. The van der Waals surface area contributed by atoms with Crippen LogP contribution in [0.1, 0.15) is 11.1 Å². The number of hydrogen-bond acceptors (Lipinski definition) is 0. The summed E-state index contributed by atoms with van der Waals surface area (Å²) < 4.78 is 0. The molecule has 3 aromatic rings. The maximum Gasteiger partial charge on any atom is 0.0289 e. The number of halogens is 2. The first-order valence-corrected chi connectivity index (χ1v) is 8.13. The van der Waals surface area contributed by atoms with Crippen LogP contribution < -0.4 is 0 Å². The van der Waals surface area contributed by atoms with Crippen LogP contribution in [0, 0.1) is 0 Å². The average molecular weight is 364 g/mol. The maximum absolute atomic E-state index is 3.61. The van der Waals surface area contributed by atoms with Gasteiger partial charge < -0.3 is 0 Å². The van der Waals surface area contributed by atoms with Gasteiger partial charge in [-0.15, -0.1) is 0 Å². The quantitative estimate of drug-likeness (QED) is 0.399. The van der Waals surface area contributed by atoms with E-state index in [4.69, 9.17) is 0 Å². The Hall–Kier alpha value is -0.860. The lowest BCUT2D eigenvalue weighted by molar-refractivity contribution is 1.39. The fourth-order valence-electron chi connectivity index (χ4n) is 2.49. The van der Waals surface area contributed by atoms with Crippen molar-refractivity contribution in [2.24, 2.45) is 0 Å². The highest BCUT2D eigenvalue weighted by Gasteiger charge is 2.06. The SMILES string of the molecule is BrCc1cc(CBr)c2c(ccc3ccccc32)c1. The summed E-state index contributed by atoms with van der Waals surface area (Å²) in [5.74, 6) is 0. The molecule has 0 aliphatic carbocycles. The van der Waals surface area contributed by atoms with E-state index in [9.17, 15) is 0 Å². The van der Waals surface area contributed by atoms with Crippen LogP contribution in [0.4, 0.5) is 0 Å². The highest BCUT2D eigenvalue weighted by atomic mass is 79.9. The molecule has 90 valence electrons. The first kappa shape index (κ1) is 12.2. The molecule has 0 saturated heterocycles. The number of fused-ring (bicyclic) bond motifs is 3. The monoisotopic (exact) mass is 362 g/mol. The Bertz CT molecular complexity index is 717. The van der Waals surface area contributed by atoms with Crippen molar-refractivity contribution in [2.45, 2.75) is 10.7 Å². The fraction of sp³-hybridized carbons (Fsp3) is 0.125. The Morgan fingerprint density at radius 3 is 2.33 bits per heavy atom. The van der Waals surface area contributed by atoms with Crippen LogP contribution in [0.3, 0.4) is 0 Å². The van der Waals surface area contributed by atoms with Gasteiger partial charge in [0.25, 0.3) is 0 Å². The Labute approximate surface area is 123 Å². The van der Waals surface area contributed by atoms with E-state index in [0.717, 1.165) is 10.7 Å². The lowest BCUT2D eigenvalue weighted by Gasteiger charge is -2.10. The molecular weight excluding hydrogens is 352 g/mol. The molecule has 0 nitrogen and oxygen atoms in total. The van der Waals surface area contributed by atoms with Crippen molar-refractivity contribution < 1.29 is 0 Å². The van der Waals surface area contributed by atoms with Crippen molar-refractivity contribution in [3.05, 3.63) is 59.7 Å². The van der Waals surface area contributed by atoms with Crippen molar-refractivity contribution >= 4 is 53.4 Å². The lowest BCUT2D eigenvalue weighted by atomic mass is 9.96. The summed E-state index contributed by atoms with van der Waals surface area (Å²) in [7, 11) is 0. The van der Waals surface area contributed by atoms with Crippen LogP contribution in [-0.2, 0) is 10.7 Å². The van der Waals surface area contributed by atoms with E-state index in [1.165, 1.54) is 32.7 Å². The molecule has 0 heterocycles. The van der Waals surface area contributed by atoms with Crippen LogP contribution in [0.25, 0.3) is 21.5 Å². The molecule has 0 bridgehead atoms. The molecule has 0 N–H and O–H groups in total. The minimum atomic E-state index is 0.887. The van der Waals surface area contributed by atoms with Gasteiger partial charge in [0.1, 0.15) is 0 Å². The minimum Gasteiger partial charge on any atom is -0.0876 e. The number of benzene rings is 3. The minimum absolute atomic E-state index is 0.887. The van der Waals surface area contributed by atoms with Gasteiger partial charge in [-0.2, -0.15) is 0 Å². The van der Waals surface area contributed by atoms with Crippen LogP contribution in [0.2, 0.25) is 0 Å². The Morgan fingerprint density at radius 1 is 0.778 bits per heavy atom. The second kappa shape index (κ2) is 5.02. The van der Waals surface area contributed by atoms with Gasteiger partial charge in [-0.25, -0.2) is 0 Å². The van der Waals surface area contributed by atoms with Crippen LogP contribution in [0.15, 0.2) is 48.5 Å². The van der Waals surface area contributed by atoms with E-state index in [0.29, 0.717) is 0 Å². The molecule has 0 atom stereocenters. The van der Waals surface area contributed by atoms with Crippen molar-refractivity contribution in [1.82, 2.24) is 0 Å². The Kier molecular flexibility index (Phi) is 3.40. The highest BCUT2D eigenvalue weighted by Crippen LogP contribution is 2.31. The maximum atomic E-state index is 3.61. The Morgan fingerprint density at radius 2 is 1.56 bits per heavy atom. The summed E-state index contributed by atoms with van der Waals surface area (Å²) in [6.07, 6.45) is 0. The molecule has 3 rings (SSSR count). The van der Waals surface area contributed by atoms with E-state index in [-0.39, 0.29) is 0 Å². The highest BCUT2D eigenvalue weighted by molar-refractivity contribution is 9.08. The van der Waals surface area contributed by atoms with Crippen LogP contribution >= 0.6 is 31.9 Å². The Balaban J connectivity index is 2.49. The third kappa shape index (κ3) is 1.98. The van der Waals surface area contributed by atoms with Gasteiger partial charge in [-0.1, -0.05) is 80.4 Å². The molecule has 0 unspecified atom stereocenters. The van der Waals surface area contributed by atoms with E-state index in [1.807, 2.05) is 0 Å². The summed E-state index contributed by atoms with van der Waals surface area (Å²) in [6.45, 7) is 0. The second-order valence-corrected chi connectivity index (χ2v) is 5.53. The van der Waals surface area contributed by atoms with Gasteiger partial charge in [-0.3, -0.25) is 0 Å². The van der Waals surface area contributed by atoms with Gasteiger partial charge in [0, 0.05) is 10.7 Å². The largest absolute Gasteiger partial charge is 0.0876 e. The van der Waals surface area contributed by atoms with E-state index in [2.05, 4.69) is 80.4 Å². The third-order valence-corrected chi connectivity index (χ3v) is 4.53. The van der Waals surface area contributed by atoms with Crippen molar-refractivity contribution in [2.75, 3.05) is 0 Å². The summed E-state index contributed by atoms with van der Waals surface area (Å²) in [4.78, 5) is 0. The third-order valence-electron chi connectivity index (χ3n) is 3.28. The zero-order valence-electron chi connectivity index (χ0n) is 9.79. The van der Waals surface area contributed by atoms with E-state index >= 15 is 0 Å².